The predicted molar refractivity (Wildman–Crippen MR) is 103 cm³/mol. The second-order valence-corrected chi connectivity index (χ2v) is 7.47. The van der Waals surface area contributed by atoms with E-state index in [2.05, 4.69) is 4.98 Å². The minimum Gasteiger partial charge on any atom is -0.465 e. The van der Waals surface area contributed by atoms with Crippen molar-refractivity contribution in [3.63, 3.8) is 0 Å². The molecule has 1 aromatic carbocycles. The van der Waals surface area contributed by atoms with E-state index in [1.807, 2.05) is 25.1 Å². The normalized spacial score (nSPS) is 21.2. The number of hydrogen-bond donors (Lipinski definition) is 1. The Kier molecular flexibility index (Phi) is 5.25. The van der Waals surface area contributed by atoms with E-state index in [9.17, 15) is 14.7 Å². The van der Waals surface area contributed by atoms with Crippen molar-refractivity contribution in [2.24, 2.45) is 0 Å². The van der Waals surface area contributed by atoms with Gasteiger partial charge in [-0.1, -0.05) is 23.7 Å². The minimum absolute atomic E-state index is 0.221. The van der Waals surface area contributed by atoms with Crippen LogP contribution >= 0.6 is 11.6 Å². The largest absolute Gasteiger partial charge is 0.465 e. The Labute approximate surface area is 167 Å². The van der Waals surface area contributed by atoms with Crippen LogP contribution in [0, 0.1) is 11.3 Å². The number of likely N-dealkylation sites (N-methyl/N-ethyl adjacent to an activating group) is 1. The first-order valence-corrected chi connectivity index (χ1v) is 9.01. The summed E-state index contributed by atoms with van der Waals surface area (Å²) >= 11 is 5.99. The number of pyridine rings is 1. The number of carbonyl (C=O) groups is 2. The van der Waals surface area contributed by atoms with Gasteiger partial charge in [-0.3, -0.25) is 4.79 Å². The summed E-state index contributed by atoms with van der Waals surface area (Å²) in [5, 5.41) is 19.0. The summed E-state index contributed by atoms with van der Waals surface area (Å²) in [6.45, 7) is 2.43. The van der Waals surface area contributed by atoms with Gasteiger partial charge in [-0.05, 0) is 36.8 Å². The quantitative estimate of drug-likeness (QED) is 0.856. The van der Waals surface area contributed by atoms with Crippen LogP contribution in [0.4, 0.5) is 4.79 Å². The molecular formula is C20H19ClN4O3. The monoisotopic (exact) mass is 398 g/mol. The van der Waals surface area contributed by atoms with Crippen LogP contribution in [-0.4, -0.2) is 57.6 Å². The Morgan fingerprint density at radius 3 is 2.54 bits per heavy atom. The van der Waals surface area contributed by atoms with Crippen molar-refractivity contribution in [3.8, 4) is 6.07 Å². The molecule has 2 atom stereocenters. The van der Waals surface area contributed by atoms with Gasteiger partial charge in [0.2, 0.25) is 0 Å². The third kappa shape index (κ3) is 3.51. The van der Waals surface area contributed by atoms with Gasteiger partial charge in [-0.2, -0.15) is 5.26 Å². The number of likely N-dealkylation sites (tertiary alicyclic amines) is 1. The highest BCUT2D eigenvalue weighted by Gasteiger charge is 2.49. The van der Waals surface area contributed by atoms with Crippen LogP contribution in [0.3, 0.4) is 0 Å². The number of aromatic nitrogens is 1. The van der Waals surface area contributed by atoms with Crippen LogP contribution in [0.25, 0.3) is 0 Å². The summed E-state index contributed by atoms with van der Waals surface area (Å²) in [5.41, 5.74) is 0.687. The van der Waals surface area contributed by atoms with Crippen LogP contribution in [0.5, 0.6) is 0 Å². The van der Waals surface area contributed by atoms with Gasteiger partial charge >= 0.3 is 6.09 Å². The summed E-state index contributed by atoms with van der Waals surface area (Å²) in [7, 11) is 1.52. The van der Waals surface area contributed by atoms with Crippen LogP contribution < -0.4 is 0 Å². The molecule has 3 rings (SSSR count). The molecule has 144 valence electrons. The van der Waals surface area contributed by atoms with Gasteiger partial charge in [0.25, 0.3) is 5.91 Å². The van der Waals surface area contributed by atoms with Gasteiger partial charge in [0.05, 0.1) is 11.1 Å². The summed E-state index contributed by atoms with van der Waals surface area (Å²) in [4.78, 5) is 31.5. The van der Waals surface area contributed by atoms with Crippen molar-refractivity contribution in [3.05, 3.63) is 64.4 Å². The SMILES string of the molecule is CN(C(=O)O)[C@@]1(C)CN(C(=O)c2ccc(C#N)nc2)C[C@@H]1c1ccc(Cl)cc1. The average molecular weight is 399 g/mol. The summed E-state index contributed by atoms with van der Waals surface area (Å²) in [6, 6.07) is 12.2. The lowest BCUT2D eigenvalue weighted by Crippen LogP contribution is -2.52. The first kappa shape index (κ1) is 19.6. The number of nitrogens with zero attached hydrogens (tertiary/aromatic N) is 4. The smallest absolute Gasteiger partial charge is 0.407 e. The summed E-state index contributed by atoms with van der Waals surface area (Å²) in [5.74, 6) is -0.473. The molecule has 2 heterocycles. The van der Waals surface area contributed by atoms with E-state index < -0.39 is 11.6 Å². The minimum atomic E-state index is -1.06. The van der Waals surface area contributed by atoms with E-state index in [0.717, 1.165) is 5.56 Å². The summed E-state index contributed by atoms with van der Waals surface area (Å²) < 4.78 is 0. The lowest BCUT2D eigenvalue weighted by Gasteiger charge is -2.38. The van der Waals surface area contributed by atoms with Gasteiger partial charge in [0.15, 0.2) is 0 Å². The Balaban J connectivity index is 1.94. The van der Waals surface area contributed by atoms with Crippen molar-refractivity contribution in [1.29, 1.82) is 5.26 Å². The molecule has 7 nitrogen and oxygen atoms in total. The first-order valence-electron chi connectivity index (χ1n) is 8.64. The van der Waals surface area contributed by atoms with Crippen molar-refractivity contribution in [2.75, 3.05) is 20.1 Å². The lowest BCUT2D eigenvalue weighted by atomic mass is 9.82. The number of nitriles is 1. The van der Waals surface area contributed by atoms with Gasteiger partial charge in [0.1, 0.15) is 11.8 Å². The van der Waals surface area contributed by atoms with Crippen LogP contribution in [-0.2, 0) is 0 Å². The zero-order valence-electron chi connectivity index (χ0n) is 15.5. The fourth-order valence-corrected chi connectivity index (χ4v) is 3.75. The second-order valence-electron chi connectivity index (χ2n) is 7.03. The molecule has 0 bridgehead atoms. The van der Waals surface area contributed by atoms with E-state index in [1.54, 1.807) is 23.1 Å². The van der Waals surface area contributed by atoms with E-state index in [0.29, 0.717) is 17.1 Å². The van der Waals surface area contributed by atoms with Crippen molar-refractivity contribution >= 4 is 23.6 Å². The number of benzene rings is 1. The molecule has 1 aliphatic heterocycles. The molecule has 8 heteroatoms. The van der Waals surface area contributed by atoms with E-state index in [1.165, 1.54) is 24.2 Å². The molecule has 0 saturated carbocycles. The summed E-state index contributed by atoms with van der Waals surface area (Å²) in [6.07, 6.45) is 0.310. The van der Waals surface area contributed by atoms with Crippen molar-refractivity contribution in [2.45, 2.75) is 18.4 Å². The number of rotatable bonds is 3. The van der Waals surface area contributed by atoms with Gasteiger partial charge in [0, 0.05) is 37.3 Å². The zero-order valence-corrected chi connectivity index (χ0v) is 16.2. The van der Waals surface area contributed by atoms with E-state index in [-0.39, 0.29) is 24.1 Å². The standard InChI is InChI=1S/C20H19ClN4O3/c1-20(24(2)19(27)28)12-25(11-17(20)13-3-6-15(21)7-4-13)18(26)14-5-8-16(9-22)23-10-14/h3-8,10,17H,11-12H2,1-2H3,(H,27,28)/t17-,20+/m1/s1. The molecule has 1 aliphatic rings. The van der Waals surface area contributed by atoms with Crippen molar-refractivity contribution in [1.82, 2.24) is 14.8 Å². The maximum absolute atomic E-state index is 13.0. The fraction of sp³-hybridized carbons (Fsp3) is 0.300. The molecule has 2 aromatic rings. The maximum atomic E-state index is 13.0. The number of carbonyl (C=O) groups excluding carboxylic acids is 1. The lowest BCUT2D eigenvalue weighted by molar-refractivity contribution is 0.0728. The van der Waals surface area contributed by atoms with Gasteiger partial charge < -0.3 is 14.9 Å². The highest BCUT2D eigenvalue weighted by atomic mass is 35.5. The fourth-order valence-electron chi connectivity index (χ4n) is 3.62. The van der Waals surface area contributed by atoms with Crippen LogP contribution in [0.15, 0.2) is 42.6 Å². The average Bonchev–Trinajstić information content (AvgIpc) is 3.06. The highest BCUT2D eigenvalue weighted by molar-refractivity contribution is 6.30. The molecule has 0 spiro atoms. The third-order valence-electron chi connectivity index (χ3n) is 5.40. The second kappa shape index (κ2) is 7.49. The molecule has 1 aromatic heterocycles. The number of amides is 2. The molecule has 0 radical (unpaired) electrons. The third-order valence-corrected chi connectivity index (χ3v) is 5.65. The Morgan fingerprint density at radius 2 is 2.00 bits per heavy atom. The van der Waals surface area contributed by atoms with Gasteiger partial charge in [-0.15, -0.1) is 0 Å². The molecular weight excluding hydrogens is 380 g/mol. The van der Waals surface area contributed by atoms with Gasteiger partial charge in [-0.25, -0.2) is 9.78 Å². The number of carboxylic acid groups (broad SMARTS) is 1. The zero-order chi connectivity index (χ0) is 20.5. The Bertz CT molecular complexity index is 939. The topological polar surface area (TPSA) is 97.5 Å². The predicted octanol–water partition coefficient (Wildman–Crippen LogP) is 3.21. The maximum Gasteiger partial charge on any atom is 0.407 e. The number of halogens is 1. The molecule has 2 amide bonds. The molecule has 1 saturated heterocycles. The molecule has 28 heavy (non-hydrogen) atoms. The van der Waals surface area contributed by atoms with Crippen LogP contribution in [0.1, 0.15) is 34.5 Å². The number of hydrogen-bond acceptors (Lipinski definition) is 4. The van der Waals surface area contributed by atoms with Crippen molar-refractivity contribution < 1.29 is 14.7 Å². The Morgan fingerprint density at radius 1 is 1.32 bits per heavy atom. The van der Waals surface area contributed by atoms with E-state index in [4.69, 9.17) is 16.9 Å². The molecule has 1 N–H and O–H groups in total. The molecule has 0 aliphatic carbocycles. The molecule has 1 fully saturated rings. The first-order chi connectivity index (χ1) is 13.3. The van der Waals surface area contributed by atoms with E-state index >= 15 is 0 Å². The molecule has 0 unspecified atom stereocenters. The van der Waals surface area contributed by atoms with Crippen LogP contribution in [0.2, 0.25) is 5.02 Å². The Hall–Kier alpha value is -3.11. The highest BCUT2D eigenvalue weighted by Crippen LogP contribution is 2.40.